The summed E-state index contributed by atoms with van der Waals surface area (Å²) >= 11 is 0. The van der Waals surface area contributed by atoms with Crippen LogP contribution in [-0.4, -0.2) is 59.3 Å². The number of hydrogen-bond acceptors (Lipinski definition) is 4. The van der Waals surface area contributed by atoms with Gasteiger partial charge in [0.15, 0.2) is 0 Å². The lowest BCUT2D eigenvalue weighted by Gasteiger charge is -2.39. The van der Waals surface area contributed by atoms with Crippen LogP contribution in [0.5, 0.6) is 0 Å². The van der Waals surface area contributed by atoms with E-state index >= 15 is 0 Å². The number of carbonyl (C=O) groups is 1. The molecule has 1 amide bonds. The molecule has 0 bridgehead atoms. The van der Waals surface area contributed by atoms with Gasteiger partial charge < -0.3 is 14.6 Å². The Bertz CT molecular complexity index is 374. The molecule has 0 saturated carbocycles. The number of piperazine rings is 1. The molecule has 2 rings (SSSR count). The second kappa shape index (κ2) is 6.48. The summed E-state index contributed by atoms with van der Waals surface area (Å²) in [7, 11) is 2.08. The number of hydrogen-bond donors (Lipinski definition) is 0. The Morgan fingerprint density at radius 1 is 1.30 bits per heavy atom. The molecular formula is C15H29N3O2. The summed E-state index contributed by atoms with van der Waals surface area (Å²) in [6.45, 7) is 14.0. The summed E-state index contributed by atoms with van der Waals surface area (Å²) in [5.41, 5.74) is 0.768. The minimum atomic E-state index is -0.428. The Morgan fingerprint density at radius 3 is 2.45 bits per heavy atom. The van der Waals surface area contributed by atoms with Crippen molar-refractivity contribution in [3.05, 3.63) is 11.8 Å². The van der Waals surface area contributed by atoms with Gasteiger partial charge in [-0.1, -0.05) is 13.8 Å². The van der Waals surface area contributed by atoms with E-state index in [4.69, 9.17) is 4.74 Å². The summed E-state index contributed by atoms with van der Waals surface area (Å²) < 4.78 is 5.41. The highest BCUT2D eigenvalue weighted by Crippen LogP contribution is 2.25. The third kappa shape index (κ3) is 3.88. The van der Waals surface area contributed by atoms with Crippen LogP contribution in [0.3, 0.4) is 0 Å². The first-order valence-electron chi connectivity index (χ1n) is 7.47. The van der Waals surface area contributed by atoms with Gasteiger partial charge in [-0.05, 0) is 33.8 Å². The molecule has 1 atom stereocenters. The zero-order chi connectivity index (χ0) is 15.5. The van der Waals surface area contributed by atoms with Crippen molar-refractivity contribution < 1.29 is 9.53 Å². The van der Waals surface area contributed by atoms with E-state index in [1.165, 1.54) is 5.70 Å². The van der Waals surface area contributed by atoms with E-state index in [9.17, 15) is 4.79 Å². The zero-order valence-electron chi connectivity index (χ0n) is 13.9. The molecule has 1 fully saturated rings. The second-order valence-corrected chi connectivity index (χ2v) is 6.00. The Labute approximate surface area is 123 Å². The van der Waals surface area contributed by atoms with Gasteiger partial charge in [-0.3, -0.25) is 0 Å². The molecule has 1 saturated heterocycles. The number of fused-ring (bicyclic) bond motifs is 1. The lowest BCUT2D eigenvalue weighted by atomic mass is 10.2. The van der Waals surface area contributed by atoms with E-state index < -0.39 is 5.60 Å². The Kier molecular flexibility index (Phi) is 5.45. The highest BCUT2D eigenvalue weighted by molar-refractivity contribution is 5.68. The van der Waals surface area contributed by atoms with E-state index in [0.717, 1.165) is 6.54 Å². The standard InChI is InChI=1S/C13H23N3O2.C2H6/c1-10-8-11-9-15(6-7-16(11)14(10)5)12(17)18-13(2,3)4;1-2/h8,10H,6-7,9H2,1-5H3;1-2H3. The molecule has 20 heavy (non-hydrogen) atoms. The predicted octanol–water partition coefficient (Wildman–Crippen LogP) is 2.70. The molecule has 0 aromatic heterocycles. The van der Waals surface area contributed by atoms with Crippen molar-refractivity contribution >= 4 is 6.09 Å². The molecule has 0 aromatic rings. The Balaban J connectivity index is 0.000000956. The van der Waals surface area contributed by atoms with E-state index in [0.29, 0.717) is 19.1 Å². The highest BCUT2D eigenvalue weighted by Gasteiger charge is 2.34. The van der Waals surface area contributed by atoms with Gasteiger partial charge in [0.2, 0.25) is 0 Å². The maximum atomic E-state index is 12.0. The summed E-state index contributed by atoms with van der Waals surface area (Å²) in [6.07, 6.45) is 1.99. The summed E-state index contributed by atoms with van der Waals surface area (Å²) in [5.74, 6) is 0. The molecule has 0 radical (unpaired) electrons. The minimum absolute atomic E-state index is 0.217. The number of carbonyl (C=O) groups excluding carboxylic acids is 1. The SMILES string of the molecule is CC.CC1C=C2CN(C(=O)OC(C)(C)C)CCN2N1C. The van der Waals surface area contributed by atoms with Crippen LogP contribution in [0.4, 0.5) is 4.79 Å². The van der Waals surface area contributed by atoms with Crippen molar-refractivity contribution in [2.75, 3.05) is 26.7 Å². The molecule has 0 spiro atoms. The number of hydrazine groups is 1. The molecule has 0 N–H and O–H groups in total. The largest absolute Gasteiger partial charge is 0.444 e. The monoisotopic (exact) mass is 283 g/mol. The quantitative estimate of drug-likeness (QED) is 0.685. The highest BCUT2D eigenvalue weighted by atomic mass is 16.6. The van der Waals surface area contributed by atoms with Crippen molar-refractivity contribution in [3.63, 3.8) is 0 Å². The first-order chi connectivity index (χ1) is 9.28. The molecule has 2 aliphatic rings. The minimum Gasteiger partial charge on any atom is -0.444 e. The lowest BCUT2D eigenvalue weighted by molar-refractivity contribution is -0.0119. The van der Waals surface area contributed by atoms with Crippen LogP contribution in [0.1, 0.15) is 41.5 Å². The van der Waals surface area contributed by atoms with E-state index in [-0.39, 0.29) is 6.09 Å². The smallest absolute Gasteiger partial charge is 0.410 e. The van der Waals surface area contributed by atoms with Crippen LogP contribution in [0, 0.1) is 0 Å². The van der Waals surface area contributed by atoms with Crippen LogP contribution >= 0.6 is 0 Å². The second-order valence-electron chi connectivity index (χ2n) is 6.00. The molecule has 2 aliphatic heterocycles. The number of rotatable bonds is 0. The van der Waals surface area contributed by atoms with Crippen molar-refractivity contribution in [2.45, 2.75) is 53.2 Å². The Morgan fingerprint density at radius 2 is 1.90 bits per heavy atom. The van der Waals surface area contributed by atoms with Gasteiger partial charge in [0, 0.05) is 25.3 Å². The molecule has 5 heteroatoms. The maximum absolute atomic E-state index is 12.0. The first kappa shape index (κ1) is 16.8. The van der Waals surface area contributed by atoms with E-state index in [1.807, 2.05) is 34.6 Å². The van der Waals surface area contributed by atoms with Crippen LogP contribution in [0.25, 0.3) is 0 Å². The number of ether oxygens (including phenoxy) is 1. The number of likely N-dealkylation sites (N-methyl/N-ethyl adjacent to an activating group) is 1. The van der Waals surface area contributed by atoms with Gasteiger partial charge >= 0.3 is 6.09 Å². The topological polar surface area (TPSA) is 36.0 Å². The molecule has 116 valence electrons. The van der Waals surface area contributed by atoms with Gasteiger partial charge in [0.1, 0.15) is 5.60 Å². The van der Waals surface area contributed by atoms with Gasteiger partial charge in [-0.2, -0.15) is 0 Å². The van der Waals surface area contributed by atoms with Crippen molar-refractivity contribution in [3.8, 4) is 0 Å². The van der Waals surface area contributed by atoms with Crippen LogP contribution in [0.15, 0.2) is 11.8 Å². The van der Waals surface area contributed by atoms with Gasteiger partial charge in [-0.15, -0.1) is 0 Å². The van der Waals surface area contributed by atoms with Gasteiger partial charge in [0.25, 0.3) is 0 Å². The summed E-state index contributed by atoms with van der Waals surface area (Å²) in [4.78, 5) is 13.8. The van der Waals surface area contributed by atoms with E-state index in [2.05, 4.69) is 30.1 Å². The molecule has 1 unspecified atom stereocenters. The fourth-order valence-electron chi connectivity index (χ4n) is 2.30. The lowest BCUT2D eigenvalue weighted by Crippen LogP contribution is -2.51. The van der Waals surface area contributed by atoms with E-state index in [1.54, 1.807) is 4.90 Å². The van der Waals surface area contributed by atoms with Gasteiger partial charge in [0.05, 0.1) is 13.1 Å². The van der Waals surface area contributed by atoms with Crippen LogP contribution in [-0.2, 0) is 4.74 Å². The maximum Gasteiger partial charge on any atom is 0.410 e. The van der Waals surface area contributed by atoms with Crippen LogP contribution < -0.4 is 0 Å². The zero-order valence-corrected chi connectivity index (χ0v) is 13.9. The summed E-state index contributed by atoms with van der Waals surface area (Å²) in [5, 5.41) is 4.45. The fraction of sp³-hybridized carbons (Fsp3) is 0.800. The molecule has 0 aromatic carbocycles. The Hall–Kier alpha value is -1.23. The average Bonchev–Trinajstić information content (AvgIpc) is 2.65. The van der Waals surface area contributed by atoms with Crippen molar-refractivity contribution in [2.24, 2.45) is 0 Å². The predicted molar refractivity (Wildman–Crippen MR) is 81.2 cm³/mol. The number of amides is 1. The van der Waals surface area contributed by atoms with Crippen molar-refractivity contribution in [1.29, 1.82) is 0 Å². The van der Waals surface area contributed by atoms with Crippen molar-refractivity contribution in [1.82, 2.24) is 14.9 Å². The third-order valence-corrected chi connectivity index (χ3v) is 3.32. The average molecular weight is 283 g/mol. The molecular weight excluding hydrogens is 254 g/mol. The number of nitrogens with zero attached hydrogens (tertiary/aromatic N) is 3. The normalized spacial score (nSPS) is 22.8. The molecule has 5 nitrogen and oxygen atoms in total. The molecule has 0 aliphatic carbocycles. The molecule has 2 heterocycles. The van der Waals surface area contributed by atoms with Gasteiger partial charge in [-0.25, -0.2) is 9.80 Å². The fourth-order valence-corrected chi connectivity index (χ4v) is 2.30. The van der Waals surface area contributed by atoms with Crippen LogP contribution in [0.2, 0.25) is 0 Å². The summed E-state index contributed by atoms with van der Waals surface area (Å²) in [6, 6.07) is 0.401. The first-order valence-corrected chi connectivity index (χ1v) is 7.47. The third-order valence-electron chi connectivity index (χ3n) is 3.32.